The van der Waals surface area contributed by atoms with E-state index >= 15 is 0 Å². The van der Waals surface area contributed by atoms with Crippen LogP contribution in [-0.2, 0) is 6.42 Å². The summed E-state index contributed by atoms with van der Waals surface area (Å²) in [7, 11) is 0. The Morgan fingerprint density at radius 3 is 3.15 bits per heavy atom. The first kappa shape index (κ1) is 8.72. The van der Waals surface area contributed by atoms with Gasteiger partial charge in [0, 0.05) is 22.3 Å². The molecule has 0 aliphatic rings. The monoisotopic (exact) mass is 239 g/mol. The van der Waals surface area contributed by atoms with E-state index in [4.69, 9.17) is 5.73 Å². The minimum Gasteiger partial charge on any atom is -0.346 e. The van der Waals surface area contributed by atoms with Crippen LogP contribution in [-0.4, -0.2) is 16.5 Å². The summed E-state index contributed by atoms with van der Waals surface area (Å²) in [4.78, 5) is 7.35. The number of aromatic nitrogens is 2. The molecule has 0 aliphatic carbocycles. The van der Waals surface area contributed by atoms with Crippen LogP contribution in [0.4, 0.5) is 0 Å². The van der Waals surface area contributed by atoms with Crippen molar-refractivity contribution in [3.05, 3.63) is 28.5 Å². The van der Waals surface area contributed by atoms with Crippen LogP contribution >= 0.6 is 15.9 Å². The van der Waals surface area contributed by atoms with Crippen LogP contribution in [0, 0.1) is 0 Å². The van der Waals surface area contributed by atoms with Gasteiger partial charge in [-0.2, -0.15) is 0 Å². The van der Waals surface area contributed by atoms with E-state index in [9.17, 15) is 0 Å². The second-order valence-corrected chi connectivity index (χ2v) is 3.82. The van der Waals surface area contributed by atoms with Crippen LogP contribution in [0.3, 0.4) is 0 Å². The van der Waals surface area contributed by atoms with E-state index in [2.05, 4.69) is 32.0 Å². The maximum absolute atomic E-state index is 5.50. The number of aromatic amines is 1. The van der Waals surface area contributed by atoms with Crippen LogP contribution < -0.4 is 5.73 Å². The Hall–Kier alpha value is -0.870. The number of pyridine rings is 1. The number of halogens is 1. The lowest BCUT2D eigenvalue weighted by atomic mass is 10.2. The van der Waals surface area contributed by atoms with Gasteiger partial charge in [-0.1, -0.05) is 0 Å². The molecule has 0 unspecified atom stereocenters. The van der Waals surface area contributed by atoms with Crippen molar-refractivity contribution in [3.63, 3.8) is 0 Å². The van der Waals surface area contributed by atoms with Gasteiger partial charge in [0.1, 0.15) is 5.65 Å². The van der Waals surface area contributed by atoms with Crippen molar-refractivity contribution < 1.29 is 0 Å². The Balaban J connectivity index is 2.58. The number of nitrogens with one attached hydrogen (secondary N) is 1. The third-order valence-corrected chi connectivity index (χ3v) is 2.43. The summed E-state index contributed by atoms with van der Waals surface area (Å²) in [6.45, 7) is 0.666. The van der Waals surface area contributed by atoms with Crippen molar-refractivity contribution in [1.82, 2.24) is 9.97 Å². The average molecular weight is 240 g/mol. The Morgan fingerprint density at radius 1 is 1.54 bits per heavy atom. The van der Waals surface area contributed by atoms with Crippen molar-refractivity contribution in [3.8, 4) is 0 Å². The molecule has 0 aromatic carbocycles. The van der Waals surface area contributed by atoms with Crippen LogP contribution in [0.1, 0.15) is 5.56 Å². The zero-order valence-corrected chi connectivity index (χ0v) is 8.63. The highest BCUT2D eigenvalue weighted by molar-refractivity contribution is 9.10. The molecule has 3 nitrogen and oxygen atoms in total. The van der Waals surface area contributed by atoms with Gasteiger partial charge in [-0.3, -0.25) is 0 Å². The van der Waals surface area contributed by atoms with Crippen molar-refractivity contribution in [2.24, 2.45) is 5.73 Å². The topological polar surface area (TPSA) is 54.7 Å². The van der Waals surface area contributed by atoms with Gasteiger partial charge in [0.05, 0.1) is 0 Å². The molecule has 3 N–H and O–H groups in total. The molecular formula is C9H10BrN3. The molecule has 2 heterocycles. The SMILES string of the molecule is NCCc1c[nH]c2ncc(Br)cc12. The van der Waals surface area contributed by atoms with Crippen LogP contribution in [0.2, 0.25) is 0 Å². The van der Waals surface area contributed by atoms with E-state index in [1.54, 1.807) is 6.20 Å². The van der Waals surface area contributed by atoms with E-state index in [0.29, 0.717) is 6.54 Å². The molecule has 68 valence electrons. The van der Waals surface area contributed by atoms with Gasteiger partial charge in [0.25, 0.3) is 0 Å². The van der Waals surface area contributed by atoms with E-state index in [0.717, 1.165) is 21.9 Å². The first-order valence-corrected chi connectivity index (χ1v) is 4.92. The van der Waals surface area contributed by atoms with Crippen molar-refractivity contribution in [2.45, 2.75) is 6.42 Å². The predicted octanol–water partition coefficient (Wildman–Crippen LogP) is 1.83. The number of H-pyrrole nitrogens is 1. The third kappa shape index (κ3) is 1.59. The molecular weight excluding hydrogens is 230 g/mol. The summed E-state index contributed by atoms with van der Waals surface area (Å²) in [5.74, 6) is 0. The Labute approximate surface area is 84.5 Å². The van der Waals surface area contributed by atoms with Crippen molar-refractivity contribution in [1.29, 1.82) is 0 Å². The lowest BCUT2D eigenvalue weighted by molar-refractivity contribution is 0.976. The fourth-order valence-corrected chi connectivity index (χ4v) is 1.73. The molecule has 2 rings (SSSR count). The number of nitrogens with zero attached hydrogens (tertiary/aromatic N) is 1. The molecule has 0 aliphatic heterocycles. The smallest absolute Gasteiger partial charge is 0.137 e. The fourth-order valence-electron chi connectivity index (χ4n) is 1.39. The molecule has 0 fully saturated rings. The number of rotatable bonds is 2. The molecule has 0 atom stereocenters. The normalized spacial score (nSPS) is 10.9. The van der Waals surface area contributed by atoms with Gasteiger partial charge in [0.2, 0.25) is 0 Å². The van der Waals surface area contributed by atoms with E-state index in [1.165, 1.54) is 5.56 Å². The highest BCUT2D eigenvalue weighted by atomic mass is 79.9. The quantitative estimate of drug-likeness (QED) is 0.841. The second-order valence-electron chi connectivity index (χ2n) is 2.90. The van der Waals surface area contributed by atoms with Crippen LogP contribution in [0.25, 0.3) is 11.0 Å². The van der Waals surface area contributed by atoms with Gasteiger partial charge in [-0.25, -0.2) is 4.98 Å². The highest BCUT2D eigenvalue weighted by Crippen LogP contribution is 2.20. The van der Waals surface area contributed by atoms with E-state index < -0.39 is 0 Å². The Bertz CT molecular complexity index is 422. The summed E-state index contributed by atoms with van der Waals surface area (Å²) < 4.78 is 0.998. The number of hydrogen-bond donors (Lipinski definition) is 2. The first-order chi connectivity index (χ1) is 6.31. The lowest BCUT2D eigenvalue weighted by Crippen LogP contribution is -2.01. The standard InChI is InChI=1S/C9H10BrN3/c10-7-3-8-6(1-2-11)4-12-9(8)13-5-7/h3-5H,1-2,11H2,(H,12,13). The van der Waals surface area contributed by atoms with Crippen molar-refractivity contribution >= 4 is 27.0 Å². The second kappa shape index (κ2) is 3.47. The van der Waals surface area contributed by atoms with Gasteiger partial charge < -0.3 is 10.7 Å². The van der Waals surface area contributed by atoms with Crippen molar-refractivity contribution in [2.75, 3.05) is 6.54 Å². The fraction of sp³-hybridized carbons (Fsp3) is 0.222. The molecule has 0 saturated heterocycles. The maximum atomic E-state index is 5.50. The minimum atomic E-state index is 0.666. The molecule has 2 aromatic rings. The van der Waals surface area contributed by atoms with Gasteiger partial charge in [0.15, 0.2) is 0 Å². The van der Waals surface area contributed by atoms with E-state index in [1.807, 2.05) is 6.20 Å². The first-order valence-electron chi connectivity index (χ1n) is 4.13. The average Bonchev–Trinajstić information content (AvgIpc) is 2.49. The largest absolute Gasteiger partial charge is 0.346 e. The third-order valence-electron chi connectivity index (χ3n) is 2.00. The minimum absolute atomic E-state index is 0.666. The number of hydrogen-bond acceptors (Lipinski definition) is 2. The number of nitrogens with two attached hydrogens (primary N) is 1. The van der Waals surface area contributed by atoms with E-state index in [-0.39, 0.29) is 0 Å². The molecule has 0 saturated carbocycles. The van der Waals surface area contributed by atoms with Gasteiger partial charge >= 0.3 is 0 Å². The molecule has 0 radical (unpaired) electrons. The highest BCUT2D eigenvalue weighted by Gasteiger charge is 2.03. The molecule has 0 amide bonds. The van der Waals surface area contributed by atoms with Crippen LogP contribution in [0.5, 0.6) is 0 Å². The summed E-state index contributed by atoms with van der Waals surface area (Å²) in [5.41, 5.74) is 7.65. The molecule has 2 aromatic heterocycles. The Kier molecular flexibility index (Phi) is 2.33. The van der Waals surface area contributed by atoms with Gasteiger partial charge in [-0.05, 0) is 40.5 Å². The molecule has 0 spiro atoms. The summed E-state index contributed by atoms with van der Waals surface area (Å²) in [6.07, 6.45) is 4.64. The predicted molar refractivity (Wildman–Crippen MR) is 56.6 cm³/mol. The molecule has 0 bridgehead atoms. The maximum Gasteiger partial charge on any atom is 0.137 e. The lowest BCUT2D eigenvalue weighted by Gasteiger charge is -1.95. The summed E-state index contributed by atoms with van der Waals surface area (Å²) in [5, 5.41) is 1.15. The zero-order valence-electron chi connectivity index (χ0n) is 7.05. The van der Waals surface area contributed by atoms with Crippen LogP contribution in [0.15, 0.2) is 22.9 Å². The molecule has 4 heteroatoms. The summed E-state index contributed by atoms with van der Waals surface area (Å²) >= 11 is 3.39. The zero-order chi connectivity index (χ0) is 9.26. The number of fused-ring (bicyclic) bond motifs is 1. The Morgan fingerprint density at radius 2 is 2.38 bits per heavy atom. The summed E-state index contributed by atoms with van der Waals surface area (Å²) in [6, 6.07) is 2.06. The molecule has 13 heavy (non-hydrogen) atoms. The van der Waals surface area contributed by atoms with Gasteiger partial charge in [-0.15, -0.1) is 0 Å².